The fourth-order valence-electron chi connectivity index (χ4n) is 2.89. The molecule has 6 nitrogen and oxygen atoms in total. The second-order valence-corrected chi connectivity index (χ2v) is 6.62. The van der Waals surface area contributed by atoms with Crippen molar-refractivity contribution in [2.24, 2.45) is 5.92 Å². The molecule has 1 aromatic heterocycles. The van der Waals surface area contributed by atoms with Gasteiger partial charge in [-0.25, -0.2) is 0 Å². The van der Waals surface area contributed by atoms with Gasteiger partial charge in [0.05, 0.1) is 12.8 Å². The predicted molar refractivity (Wildman–Crippen MR) is 85.5 cm³/mol. The topological polar surface area (TPSA) is 91.6 Å². The molecule has 128 valence electrons. The Balaban J connectivity index is 1.72. The summed E-state index contributed by atoms with van der Waals surface area (Å²) in [6.45, 7) is 3.46. The molecule has 1 heterocycles. The standard InChI is InChI=1S/C17H26N2O4/c1-12(19-16(21)13-6-3-4-7-13)10-15(20)18-11-17(2,22)14-8-5-9-23-14/h5,8-9,12-13,22H,3-4,6-7,10-11H2,1-2H3,(H,18,20)(H,19,21). The van der Waals surface area contributed by atoms with E-state index in [1.54, 1.807) is 19.1 Å². The Morgan fingerprint density at radius 1 is 1.43 bits per heavy atom. The minimum Gasteiger partial charge on any atom is -0.466 e. The number of nitrogens with one attached hydrogen (secondary N) is 2. The number of hydrogen-bond donors (Lipinski definition) is 3. The minimum atomic E-state index is -1.25. The first-order valence-electron chi connectivity index (χ1n) is 8.22. The Bertz CT molecular complexity index is 519. The van der Waals surface area contributed by atoms with Crippen molar-refractivity contribution in [3.8, 4) is 0 Å². The molecule has 0 aliphatic heterocycles. The number of carbonyl (C=O) groups is 2. The molecule has 1 aromatic rings. The van der Waals surface area contributed by atoms with Gasteiger partial charge < -0.3 is 20.2 Å². The van der Waals surface area contributed by atoms with Crippen LogP contribution in [0.1, 0.15) is 51.7 Å². The van der Waals surface area contributed by atoms with E-state index in [0.29, 0.717) is 5.76 Å². The van der Waals surface area contributed by atoms with E-state index < -0.39 is 5.60 Å². The Morgan fingerprint density at radius 2 is 2.13 bits per heavy atom. The third-order valence-corrected chi connectivity index (χ3v) is 4.29. The van der Waals surface area contributed by atoms with Crippen LogP contribution in [-0.2, 0) is 15.2 Å². The van der Waals surface area contributed by atoms with Crippen LogP contribution >= 0.6 is 0 Å². The third-order valence-electron chi connectivity index (χ3n) is 4.29. The molecule has 2 atom stereocenters. The molecule has 2 rings (SSSR count). The Labute approximate surface area is 136 Å². The van der Waals surface area contributed by atoms with Gasteiger partial charge in [0.25, 0.3) is 0 Å². The SMILES string of the molecule is CC(CC(=O)NCC(C)(O)c1ccco1)NC(=O)C1CCCC1. The van der Waals surface area contributed by atoms with Crippen LogP contribution in [0.2, 0.25) is 0 Å². The molecule has 0 bridgehead atoms. The van der Waals surface area contributed by atoms with Gasteiger partial charge in [0, 0.05) is 18.4 Å². The largest absolute Gasteiger partial charge is 0.466 e. The zero-order chi connectivity index (χ0) is 16.9. The van der Waals surface area contributed by atoms with Crippen LogP contribution in [0.5, 0.6) is 0 Å². The predicted octanol–water partition coefficient (Wildman–Crippen LogP) is 1.69. The Morgan fingerprint density at radius 3 is 2.74 bits per heavy atom. The summed E-state index contributed by atoms with van der Waals surface area (Å²) in [5.41, 5.74) is -1.25. The number of carbonyl (C=O) groups excluding carboxylic acids is 2. The van der Waals surface area contributed by atoms with Gasteiger partial charge in [-0.2, -0.15) is 0 Å². The van der Waals surface area contributed by atoms with Crippen LogP contribution in [0.4, 0.5) is 0 Å². The van der Waals surface area contributed by atoms with Crippen molar-refractivity contribution in [3.05, 3.63) is 24.2 Å². The quantitative estimate of drug-likeness (QED) is 0.712. The minimum absolute atomic E-state index is 0.0467. The van der Waals surface area contributed by atoms with Gasteiger partial charge in [-0.05, 0) is 38.8 Å². The first kappa shape index (κ1) is 17.5. The number of furan rings is 1. The summed E-state index contributed by atoms with van der Waals surface area (Å²) < 4.78 is 5.16. The lowest BCUT2D eigenvalue weighted by atomic mass is 10.0. The monoisotopic (exact) mass is 322 g/mol. The van der Waals surface area contributed by atoms with Crippen molar-refractivity contribution in [2.75, 3.05) is 6.54 Å². The summed E-state index contributed by atoms with van der Waals surface area (Å²) >= 11 is 0. The first-order valence-corrected chi connectivity index (χ1v) is 8.22. The Hall–Kier alpha value is -1.82. The fourth-order valence-corrected chi connectivity index (χ4v) is 2.89. The summed E-state index contributed by atoms with van der Waals surface area (Å²) in [6, 6.07) is 3.12. The van der Waals surface area contributed by atoms with Crippen LogP contribution in [0.15, 0.2) is 22.8 Å². The van der Waals surface area contributed by atoms with E-state index in [4.69, 9.17) is 4.42 Å². The van der Waals surface area contributed by atoms with Crippen LogP contribution in [0, 0.1) is 5.92 Å². The molecule has 0 spiro atoms. The highest BCUT2D eigenvalue weighted by molar-refractivity contribution is 5.81. The van der Waals surface area contributed by atoms with E-state index >= 15 is 0 Å². The zero-order valence-electron chi connectivity index (χ0n) is 13.8. The molecular formula is C17H26N2O4. The lowest BCUT2D eigenvalue weighted by Gasteiger charge is -2.22. The molecule has 1 aliphatic carbocycles. The van der Waals surface area contributed by atoms with Crippen molar-refractivity contribution >= 4 is 11.8 Å². The fraction of sp³-hybridized carbons (Fsp3) is 0.647. The number of rotatable bonds is 7. The number of hydrogen-bond acceptors (Lipinski definition) is 4. The first-order chi connectivity index (χ1) is 10.9. The molecule has 6 heteroatoms. The summed E-state index contributed by atoms with van der Waals surface area (Å²) in [6.07, 6.45) is 5.76. The summed E-state index contributed by atoms with van der Waals surface area (Å²) in [7, 11) is 0. The molecule has 1 fully saturated rings. The van der Waals surface area contributed by atoms with Gasteiger partial charge in [-0.3, -0.25) is 9.59 Å². The van der Waals surface area contributed by atoms with Gasteiger partial charge in [0.1, 0.15) is 11.4 Å². The van der Waals surface area contributed by atoms with Crippen molar-refractivity contribution in [2.45, 2.75) is 57.6 Å². The van der Waals surface area contributed by atoms with Gasteiger partial charge in [-0.15, -0.1) is 0 Å². The highest BCUT2D eigenvalue weighted by Gasteiger charge is 2.27. The molecule has 1 aliphatic rings. The number of aliphatic hydroxyl groups is 1. The molecule has 0 saturated heterocycles. The van der Waals surface area contributed by atoms with E-state index in [1.165, 1.54) is 6.26 Å². The molecule has 1 saturated carbocycles. The summed E-state index contributed by atoms with van der Waals surface area (Å²) in [5, 5.41) is 15.8. The number of amides is 2. The van der Waals surface area contributed by atoms with Gasteiger partial charge in [0.15, 0.2) is 0 Å². The maximum absolute atomic E-state index is 12.0. The zero-order valence-corrected chi connectivity index (χ0v) is 13.8. The normalized spacial score (nSPS) is 19.1. The van der Waals surface area contributed by atoms with Crippen molar-refractivity contribution in [3.63, 3.8) is 0 Å². The summed E-state index contributed by atoms with van der Waals surface area (Å²) in [4.78, 5) is 24.0. The lowest BCUT2D eigenvalue weighted by molar-refractivity contribution is -0.126. The van der Waals surface area contributed by atoms with E-state index in [1.807, 2.05) is 6.92 Å². The van der Waals surface area contributed by atoms with E-state index in [9.17, 15) is 14.7 Å². The molecule has 2 unspecified atom stereocenters. The van der Waals surface area contributed by atoms with Crippen LogP contribution < -0.4 is 10.6 Å². The van der Waals surface area contributed by atoms with Gasteiger partial charge >= 0.3 is 0 Å². The Kier molecular flexibility index (Phi) is 5.82. The maximum atomic E-state index is 12.0. The van der Waals surface area contributed by atoms with Crippen molar-refractivity contribution in [1.29, 1.82) is 0 Å². The van der Waals surface area contributed by atoms with Gasteiger partial charge in [-0.1, -0.05) is 12.8 Å². The molecule has 2 amide bonds. The average Bonchev–Trinajstić information content (AvgIpc) is 3.17. The van der Waals surface area contributed by atoms with Crippen LogP contribution in [0.25, 0.3) is 0 Å². The average molecular weight is 322 g/mol. The van der Waals surface area contributed by atoms with Crippen LogP contribution in [0.3, 0.4) is 0 Å². The highest BCUT2D eigenvalue weighted by atomic mass is 16.4. The third kappa shape index (κ3) is 5.10. The van der Waals surface area contributed by atoms with Crippen molar-refractivity contribution in [1.82, 2.24) is 10.6 Å². The smallest absolute Gasteiger partial charge is 0.223 e. The molecule has 23 heavy (non-hydrogen) atoms. The molecular weight excluding hydrogens is 296 g/mol. The maximum Gasteiger partial charge on any atom is 0.223 e. The van der Waals surface area contributed by atoms with Gasteiger partial charge in [0.2, 0.25) is 11.8 Å². The highest BCUT2D eigenvalue weighted by Crippen LogP contribution is 2.24. The van der Waals surface area contributed by atoms with Crippen LogP contribution in [-0.4, -0.2) is 29.5 Å². The van der Waals surface area contributed by atoms with E-state index in [0.717, 1.165) is 25.7 Å². The second kappa shape index (κ2) is 7.64. The van der Waals surface area contributed by atoms with E-state index in [-0.39, 0.29) is 36.7 Å². The molecule has 0 aromatic carbocycles. The molecule has 0 radical (unpaired) electrons. The van der Waals surface area contributed by atoms with Crippen molar-refractivity contribution < 1.29 is 19.1 Å². The second-order valence-electron chi connectivity index (χ2n) is 6.62. The lowest BCUT2D eigenvalue weighted by Crippen LogP contribution is -2.42. The van der Waals surface area contributed by atoms with E-state index in [2.05, 4.69) is 10.6 Å². The summed E-state index contributed by atoms with van der Waals surface area (Å²) in [5.74, 6) is 0.335. The molecule has 3 N–H and O–H groups in total.